The molecule has 0 nitrogen and oxygen atoms in total. The van der Waals surface area contributed by atoms with Crippen molar-refractivity contribution >= 4 is 17.1 Å². The number of rotatable bonds is 4. The maximum Gasteiger partial charge on any atom is -0.00742 e. The quantitative estimate of drug-likeness (QED) is 0.613. The Bertz CT molecular complexity index is 307. The molecular formula is C14H22S. The van der Waals surface area contributed by atoms with Gasteiger partial charge in [0.2, 0.25) is 0 Å². The van der Waals surface area contributed by atoms with Crippen molar-refractivity contribution in [3.05, 3.63) is 22.8 Å². The van der Waals surface area contributed by atoms with Crippen LogP contribution >= 0.6 is 12.2 Å². The maximum absolute atomic E-state index is 5.21. The van der Waals surface area contributed by atoms with Crippen LogP contribution in [0.25, 0.3) is 0 Å². The molecule has 0 spiro atoms. The molecule has 0 N–H and O–H groups in total. The fraction of sp³-hybridized carbons (Fsp3) is 0.643. The Kier molecular flexibility index (Phi) is 4.72. The van der Waals surface area contributed by atoms with Crippen molar-refractivity contribution in [3.8, 4) is 0 Å². The van der Waals surface area contributed by atoms with Crippen LogP contribution in [0.4, 0.5) is 0 Å². The second kappa shape index (κ2) is 5.60. The molecule has 1 rings (SSSR count). The standard InChI is InChI=1S/C14H22S/c1-10-5-6-12(3)14(9-10)8-7-11(2)13(4)15/h9,11H,5-8H2,1-4H3/t11-/m0/s1. The lowest BCUT2D eigenvalue weighted by molar-refractivity contribution is 0.679. The molecule has 0 unspecified atom stereocenters. The second-order valence-electron chi connectivity index (χ2n) is 4.85. The first-order valence-electron chi connectivity index (χ1n) is 5.87. The highest BCUT2D eigenvalue weighted by atomic mass is 32.1. The van der Waals surface area contributed by atoms with Gasteiger partial charge in [0.15, 0.2) is 0 Å². The lowest BCUT2D eigenvalue weighted by atomic mass is 9.89. The molecule has 0 aromatic rings. The van der Waals surface area contributed by atoms with Gasteiger partial charge in [-0.25, -0.2) is 0 Å². The normalized spacial score (nSPS) is 18.8. The molecule has 15 heavy (non-hydrogen) atoms. The van der Waals surface area contributed by atoms with E-state index in [1.807, 2.05) is 0 Å². The van der Waals surface area contributed by atoms with Crippen molar-refractivity contribution in [2.45, 2.75) is 53.4 Å². The van der Waals surface area contributed by atoms with Crippen LogP contribution in [0.5, 0.6) is 0 Å². The Balaban J connectivity index is 2.55. The predicted octanol–water partition coefficient (Wildman–Crippen LogP) is 4.85. The van der Waals surface area contributed by atoms with Gasteiger partial charge in [-0.05, 0) is 62.8 Å². The van der Waals surface area contributed by atoms with E-state index in [-0.39, 0.29) is 0 Å². The molecule has 0 fully saturated rings. The van der Waals surface area contributed by atoms with Crippen molar-refractivity contribution in [1.82, 2.24) is 0 Å². The van der Waals surface area contributed by atoms with Crippen LogP contribution in [0, 0.1) is 5.92 Å². The largest absolute Gasteiger partial charge is 0.0897 e. The fourth-order valence-corrected chi connectivity index (χ4v) is 2.02. The molecule has 1 heteroatoms. The first-order chi connectivity index (χ1) is 7.00. The lowest BCUT2D eigenvalue weighted by Crippen LogP contribution is -2.05. The third-order valence-corrected chi connectivity index (χ3v) is 3.81. The number of thiocarbonyl (C=S) groups is 1. The maximum atomic E-state index is 5.21. The van der Waals surface area contributed by atoms with Crippen molar-refractivity contribution in [2.75, 3.05) is 0 Å². The van der Waals surface area contributed by atoms with Gasteiger partial charge in [0.05, 0.1) is 0 Å². The average Bonchev–Trinajstić information content (AvgIpc) is 2.18. The van der Waals surface area contributed by atoms with Crippen molar-refractivity contribution < 1.29 is 0 Å². The summed E-state index contributed by atoms with van der Waals surface area (Å²) >= 11 is 5.21. The lowest BCUT2D eigenvalue weighted by Gasteiger charge is -2.17. The molecule has 0 aromatic heterocycles. The molecule has 0 radical (unpaired) electrons. The zero-order chi connectivity index (χ0) is 11.4. The average molecular weight is 222 g/mol. The highest BCUT2D eigenvalue weighted by molar-refractivity contribution is 7.80. The summed E-state index contributed by atoms with van der Waals surface area (Å²) in [7, 11) is 0. The molecule has 0 aromatic carbocycles. The van der Waals surface area contributed by atoms with Crippen LogP contribution < -0.4 is 0 Å². The van der Waals surface area contributed by atoms with E-state index in [1.165, 1.54) is 31.3 Å². The Morgan fingerprint density at radius 2 is 2.07 bits per heavy atom. The van der Waals surface area contributed by atoms with Crippen LogP contribution in [0.15, 0.2) is 22.8 Å². The SMILES string of the molecule is CC(=S)[C@@H](C)CCC1=C(C)CCC(C)=C1. The first-order valence-corrected chi connectivity index (χ1v) is 6.27. The number of hydrogen-bond donors (Lipinski definition) is 0. The van der Waals surface area contributed by atoms with E-state index < -0.39 is 0 Å². The predicted molar refractivity (Wildman–Crippen MR) is 72.4 cm³/mol. The van der Waals surface area contributed by atoms with Gasteiger partial charge >= 0.3 is 0 Å². The fourth-order valence-electron chi connectivity index (χ4n) is 1.90. The van der Waals surface area contributed by atoms with Gasteiger partial charge < -0.3 is 0 Å². The summed E-state index contributed by atoms with van der Waals surface area (Å²) in [5, 5.41) is 0. The van der Waals surface area contributed by atoms with Gasteiger partial charge in [0, 0.05) is 0 Å². The Hall–Kier alpha value is -0.430. The Labute approximate surface area is 99.5 Å². The summed E-state index contributed by atoms with van der Waals surface area (Å²) in [5.74, 6) is 0.580. The van der Waals surface area contributed by atoms with Crippen LogP contribution in [-0.4, -0.2) is 4.86 Å². The molecule has 0 amide bonds. The van der Waals surface area contributed by atoms with Crippen LogP contribution in [0.2, 0.25) is 0 Å². The van der Waals surface area contributed by atoms with Gasteiger partial charge in [-0.2, -0.15) is 0 Å². The van der Waals surface area contributed by atoms with Gasteiger partial charge in [0.25, 0.3) is 0 Å². The molecule has 0 saturated heterocycles. The van der Waals surface area contributed by atoms with E-state index in [9.17, 15) is 0 Å². The molecule has 1 aliphatic rings. The highest BCUT2D eigenvalue weighted by Gasteiger charge is 2.10. The second-order valence-corrected chi connectivity index (χ2v) is 5.49. The Morgan fingerprint density at radius 3 is 2.67 bits per heavy atom. The van der Waals surface area contributed by atoms with E-state index in [2.05, 4.69) is 33.8 Å². The van der Waals surface area contributed by atoms with E-state index in [0.717, 1.165) is 4.86 Å². The Morgan fingerprint density at radius 1 is 1.40 bits per heavy atom. The first kappa shape index (κ1) is 12.6. The summed E-state index contributed by atoms with van der Waals surface area (Å²) in [5.41, 5.74) is 4.67. The molecule has 0 aliphatic heterocycles. The number of hydrogen-bond acceptors (Lipinski definition) is 1. The summed E-state index contributed by atoms with van der Waals surface area (Å²) in [6.45, 7) is 8.80. The van der Waals surface area contributed by atoms with Gasteiger partial charge in [0.1, 0.15) is 0 Å². The summed E-state index contributed by atoms with van der Waals surface area (Å²) in [4.78, 5) is 1.14. The summed E-state index contributed by atoms with van der Waals surface area (Å²) in [6.07, 6.45) is 7.27. The van der Waals surface area contributed by atoms with Crippen LogP contribution in [-0.2, 0) is 0 Å². The molecule has 0 bridgehead atoms. The zero-order valence-corrected chi connectivity index (χ0v) is 11.2. The zero-order valence-electron chi connectivity index (χ0n) is 10.4. The third kappa shape index (κ3) is 3.90. The topological polar surface area (TPSA) is 0 Å². The van der Waals surface area contributed by atoms with E-state index in [1.54, 1.807) is 11.1 Å². The van der Waals surface area contributed by atoms with Crippen molar-refractivity contribution in [2.24, 2.45) is 5.92 Å². The van der Waals surface area contributed by atoms with Gasteiger partial charge in [-0.15, -0.1) is 0 Å². The molecule has 84 valence electrons. The minimum absolute atomic E-state index is 0.580. The number of allylic oxidation sites excluding steroid dienone is 4. The minimum Gasteiger partial charge on any atom is -0.0897 e. The monoisotopic (exact) mass is 222 g/mol. The van der Waals surface area contributed by atoms with Gasteiger partial charge in [-0.3, -0.25) is 0 Å². The molecule has 0 saturated carbocycles. The molecular weight excluding hydrogens is 200 g/mol. The van der Waals surface area contributed by atoms with Crippen LogP contribution in [0.3, 0.4) is 0 Å². The molecule has 1 atom stereocenters. The minimum atomic E-state index is 0.580. The van der Waals surface area contributed by atoms with Crippen molar-refractivity contribution in [3.63, 3.8) is 0 Å². The smallest absolute Gasteiger partial charge is 0.00742 e. The summed E-state index contributed by atoms with van der Waals surface area (Å²) in [6, 6.07) is 0. The van der Waals surface area contributed by atoms with Crippen LogP contribution in [0.1, 0.15) is 53.4 Å². The van der Waals surface area contributed by atoms with Gasteiger partial charge in [-0.1, -0.05) is 36.4 Å². The summed E-state index contributed by atoms with van der Waals surface area (Å²) < 4.78 is 0. The highest BCUT2D eigenvalue weighted by Crippen LogP contribution is 2.27. The molecule has 0 heterocycles. The third-order valence-electron chi connectivity index (χ3n) is 3.40. The molecule has 1 aliphatic carbocycles. The van der Waals surface area contributed by atoms with E-state index in [4.69, 9.17) is 12.2 Å². The van der Waals surface area contributed by atoms with Crippen molar-refractivity contribution in [1.29, 1.82) is 0 Å². The van der Waals surface area contributed by atoms with E-state index >= 15 is 0 Å². The van der Waals surface area contributed by atoms with E-state index in [0.29, 0.717) is 5.92 Å².